The van der Waals surface area contributed by atoms with Crippen LogP contribution in [0, 0.1) is 0 Å². The van der Waals surface area contributed by atoms with Crippen LogP contribution in [0.2, 0.25) is 0 Å². The molecule has 3 aromatic rings. The molecule has 4 nitrogen and oxygen atoms in total. The van der Waals surface area contributed by atoms with Gasteiger partial charge in [0.25, 0.3) is 0 Å². The van der Waals surface area contributed by atoms with Crippen molar-refractivity contribution in [1.82, 2.24) is 0 Å². The lowest BCUT2D eigenvalue weighted by Crippen LogP contribution is -2.19. The summed E-state index contributed by atoms with van der Waals surface area (Å²) in [5.74, 6) is -0.474. The summed E-state index contributed by atoms with van der Waals surface area (Å²) in [7, 11) is 0. The Morgan fingerprint density at radius 2 is 1.48 bits per heavy atom. The number of halogens is 3. The Morgan fingerprint density at radius 1 is 0.862 bits per heavy atom. The number of hydrogen-bond donors (Lipinski definition) is 0. The molecular weight excluding hydrogens is 385 g/mol. The van der Waals surface area contributed by atoms with E-state index in [0.29, 0.717) is 12.4 Å². The van der Waals surface area contributed by atoms with E-state index in [-0.39, 0.29) is 11.3 Å². The Balaban J connectivity index is 1.82. The fourth-order valence-electron chi connectivity index (χ4n) is 2.70. The summed E-state index contributed by atoms with van der Waals surface area (Å²) < 4.78 is 51.8. The highest BCUT2D eigenvalue weighted by atomic mass is 19.4. The zero-order chi connectivity index (χ0) is 20.9. The van der Waals surface area contributed by atoms with E-state index in [1.807, 2.05) is 31.2 Å². The lowest BCUT2D eigenvalue weighted by atomic mass is 10.0. The molecule has 0 amide bonds. The Morgan fingerprint density at radius 3 is 2.14 bits per heavy atom. The van der Waals surface area contributed by atoms with Crippen LogP contribution in [0.4, 0.5) is 13.2 Å². The van der Waals surface area contributed by atoms with Crippen LogP contribution >= 0.6 is 0 Å². The molecule has 0 saturated carbocycles. The minimum absolute atomic E-state index is 0.0378. The van der Waals surface area contributed by atoms with Gasteiger partial charge in [0.1, 0.15) is 22.8 Å². The van der Waals surface area contributed by atoms with Gasteiger partial charge in [-0.1, -0.05) is 42.5 Å². The summed E-state index contributed by atoms with van der Waals surface area (Å²) in [6.07, 6.45) is -5.07. The number of para-hydroxylation sites is 2. The normalized spacial score (nSPS) is 11.0. The van der Waals surface area contributed by atoms with E-state index >= 15 is 0 Å². The largest absolute Gasteiger partial charge is 0.575 e. The molecule has 0 fully saturated rings. The second kappa shape index (κ2) is 8.68. The third-order valence-electron chi connectivity index (χ3n) is 3.90. The molecule has 0 aliphatic carbocycles. The molecule has 0 N–H and O–H groups in total. The number of rotatable bonds is 6. The lowest BCUT2D eigenvalue weighted by molar-refractivity contribution is -0.291. The van der Waals surface area contributed by atoms with Gasteiger partial charge in [0.15, 0.2) is 0 Å². The number of esters is 1. The first-order valence-corrected chi connectivity index (χ1v) is 8.76. The van der Waals surface area contributed by atoms with E-state index in [9.17, 15) is 18.0 Å². The monoisotopic (exact) mass is 402 g/mol. The van der Waals surface area contributed by atoms with Gasteiger partial charge >= 0.3 is 12.3 Å². The number of hydrogen-bond acceptors (Lipinski definition) is 4. The highest BCUT2D eigenvalue weighted by Crippen LogP contribution is 2.33. The fraction of sp³-hybridized carbons (Fsp3) is 0.136. The van der Waals surface area contributed by atoms with Crippen molar-refractivity contribution in [3.05, 3.63) is 78.4 Å². The van der Waals surface area contributed by atoms with Gasteiger partial charge in [-0.05, 0) is 42.8 Å². The molecule has 3 aromatic carbocycles. The molecule has 0 unspecified atom stereocenters. The number of carbonyl (C=O) groups is 1. The van der Waals surface area contributed by atoms with Crippen LogP contribution in [0.5, 0.6) is 17.2 Å². The van der Waals surface area contributed by atoms with Gasteiger partial charge in [-0.15, -0.1) is 13.2 Å². The van der Waals surface area contributed by atoms with Crippen molar-refractivity contribution in [2.45, 2.75) is 13.3 Å². The van der Waals surface area contributed by atoms with Crippen LogP contribution < -0.4 is 9.47 Å². The molecule has 0 radical (unpaired) electrons. The second-order valence-electron chi connectivity index (χ2n) is 5.89. The summed E-state index contributed by atoms with van der Waals surface area (Å²) >= 11 is 0. The van der Waals surface area contributed by atoms with E-state index in [4.69, 9.17) is 9.47 Å². The van der Waals surface area contributed by atoms with E-state index in [1.54, 1.807) is 30.3 Å². The van der Waals surface area contributed by atoms with E-state index in [1.165, 1.54) is 18.2 Å². The number of alkyl halides is 3. The van der Waals surface area contributed by atoms with Gasteiger partial charge < -0.3 is 14.2 Å². The molecule has 0 atom stereocenters. The van der Waals surface area contributed by atoms with Gasteiger partial charge in [0.05, 0.1) is 6.61 Å². The molecule has 0 aliphatic rings. The van der Waals surface area contributed by atoms with Crippen LogP contribution in [0.1, 0.15) is 17.3 Å². The Kier molecular flexibility index (Phi) is 6.07. The maximum atomic E-state index is 12.3. The molecule has 29 heavy (non-hydrogen) atoms. The van der Waals surface area contributed by atoms with Gasteiger partial charge in [0, 0.05) is 5.56 Å². The molecular formula is C22H17F3O4. The van der Waals surface area contributed by atoms with Crippen LogP contribution in [0.15, 0.2) is 72.8 Å². The zero-order valence-corrected chi connectivity index (χ0v) is 15.4. The number of benzene rings is 3. The van der Waals surface area contributed by atoms with Crippen molar-refractivity contribution in [3.63, 3.8) is 0 Å². The van der Waals surface area contributed by atoms with E-state index < -0.39 is 12.3 Å². The highest BCUT2D eigenvalue weighted by Gasteiger charge is 2.35. The highest BCUT2D eigenvalue weighted by molar-refractivity contribution is 5.92. The SMILES string of the molecule is CCOc1ccccc1-c1ccc(Oc2ccccc2C(=O)OC(F)(F)F)cc1. The first-order chi connectivity index (χ1) is 13.9. The third-order valence-corrected chi connectivity index (χ3v) is 3.90. The van der Waals surface area contributed by atoms with Gasteiger partial charge in [-0.2, -0.15) is 0 Å². The van der Waals surface area contributed by atoms with Crippen LogP contribution in [0.25, 0.3) is 11.1 Å². The third kappa shape index (κ3) is 5.28. The average molecular weight is 402 g/mol. The quantitative estimate of drug-likeness (QED) is 0.459. The van der Waals surface area contributed by atoms with Crippen molar-refractivity contribution < 1.29 is 32.2 Å². The fourth-order valence-corrected chi connectivity index (χ4v) is 2.70. The van der Waals surface area contributed by atoms with Crippen molar-refractivity contribution in [3.8, 4) is 28.4 Å². The molecule has 0 bridgehead atoms. The van der Waals surface area contributed by atoms with E-state index in [0.717, 1.165) is 16.9 Å². The predicted molar refractivity (Wildman–Crippen MR) is 101 cm³/mol. The Bertz CT molecular complexity index is 982. The maximum Gasteiger partial charge on any atom is 0.575 e. The van der Waals surface area contributed by atoms with Crippen LogP contribution in [-0.4, -0.2) is 18.9 Å². The Labute approximate surface area is 165 Å². The molecule has 0 aliphatic heterocycles. The first kappa shape index (κ1) is 20.3. The smallest absolute Gasteiger partial charge is 0.493 e. The van der Waals surface area contributed by atoms with Crippen molar-refractivity contribution in [2.75, 3.05) is 6.61 Å². The second-order valence-corrected chi connectivity index (χ2v) is 5.89. The molecule has 0 aromatic heterocycles. The minimum Gasteiger partial charge on any atom is -0.493 e. The van der Waals surface area contributed by atoms with Crippen molar-refractivity contribution in [2.24, 2.45) is 0 Å². The molecule has 0 heterocycles. The summed E-state index contributed by atoms with van der Waals surface area (Å²) in [4.78, 5) is 11.8. The molecule has 7 heteroatoms. The van der Waals surface area contributed by atoms with Gasteiger partial charge in [-0.3, -0.25) is 0 Å². The molecule has 0 spiro atoms. The van der Waals surface area contributed by atoms with Crippen molar-refractivity contribution in [1.29, 1.82) is 0 Å². The summed E-state index contributed by atoms with van der Waals surface area (Å²) in [6, 6.07) is 20.0. The van der Waals surface area contributed by atoms with Gasteiger partial charge in [-0.25, -0.2) is 4.79 Å². The topological polar surface area (TPSA) is 44.8 Å². The minimum atomic E-state index is -5.07. The number of ether oxygens (including phenoxy) is 3. The summed E-state index contributed by atoms with van der Waals surface area (Å²) in [5.41, 5.74) is 1.46. The van der Waals surface area contributed by atoms with Crippen molar-refractivity contribution >= 4 is 5.97 Å². The number of carbonyl (C=O) groups excluding carboxylic acids is 1. The first-order valence-electron chi connectivity index (χ1n) is 8.76. The standard InChI is InChI=1S/C22H17F3O4/c1-2-27-19-9-5-3-7-17(19)15-11-13-16(14-12-15)28-20-10-6-4-8-18(20)21(26)29-22(23,24)25/h3-14H,2H2,1H3. The van der Waals surface area contributed by atoms with Crippen LogP contribution in [0.3, 0.4) is 0 Å². The predicted octanol–water partition coefficient (Wildman–Crippen LogP) is 6.22. The van der Waals surface area contributed by atoms with E-state index in [2.05, 4.69) is 4.74 Å². The summed E-state index contributed by atoms with van der Waals surface area (Å²) in [5, 5.41) is 0. The van der Waals surface area contributed by atoms with Crippen LogP contribution in [-0.2, 0) is 4.74 Å². The summed E-state index contributed by atoms with van der Waals surface area (Å²) in [6.45, 7) is 2.43. The van der Waals surface area contributed by atoms with Gasteiger partial charge in [0.2, 0.25) is 0 Å². The maximum absolute atomic E-state index is 12.3. The average Bonchev–Trinajstić information content (AvgIpc) is 2.68. The molecule has 0 saturated heterocycles. The lowest BCUT2D eigenvalue weighted by Gasteiger charge is -2.13. The molecule has 3 rings (SSSR count). The Hall–Kier alpha value is -3.48. The zero-order valence-electron chi connectivity index (χ0n) is 15.4. The molecule has 150 valence electrons.